The topological polar surface area (TPSA) is 92.2 Å². The molecule has 3 aromatic rings. The number of aromatic amines is 1. The first-order chi connectivity index (χ1) is 11.1. The molecule has 0 spiro atoms. The molecule has 2 heterocycles. The largest absolute Gasteiger partial charge is 0.508 e. The van der Waals surface area contributed by atoms with Crippen LogP contribution in [0.3, 0.4) is 0 Å². The van der Waals surface area contributed by atoms with Crippen LogP contribution in [-0.4, -0.2) is 15.9 Å². The van der Waals surface area contributed by atoms with Crippen LogP contribution in [0.4, 0.5) is 0 Å². The number of carbonyl (C=O) groups is 1. The van der Waals surface area contributed by atoms with Crippen molar-refractivity contribution < 1.29 is 14.3 Å². The van der Waals surface area contributed by atoms with E-state index >= 15 is 0 Å². The van der Waals surface area contributed by atoms with Gasteiger partial charge >= 0.3 is 0 Å². The first-order valence-electron chi connectivity index (χ1n) is 7.23. The number of fused-ring (bicyclic) bond motifs is 2. The zero-order valence-electron chi connectivity index (χ0n) is 12.2. The van der Waals surface area contributed by atoms with E-state index in [2.05, 4.69) is 4.98 Å². The van der Waals surface area contributed by atoms with Crippen molar-refractivity contribution in [2.45, 2.75) is 6.42 Å². The maximum atomic E-state index is 12.6. The van der Waals surface area contributed by atoms with Crippen molar-refractivity contribution in [3.63, 3.8) is 0 Å². The maximum Gasteiger partial charge on any atom is 0.244 e. The Hall–Kier alpha value is -3.21. The molecule has 1 aliphatic carbocycles. The van der Waals surface area contributed by atoms with Gasteiger partial charge in [-0.15, -0.1) is 0 Å². The van der Waals surface area contributed by atoms with E-state index in [1.54, 1.807) is 24.3 Å². The second-order valence-electron chi connectivity index (χ2n) is 5.54. The van der Waals surface area contributed by atoms with Gasteiger partial charge in [-0.2, -0.15) is 0 Å². The minimum atomic E-state index is -0.242. The molecule has 0 saturated carbocycles. The van der Waals surface area contributed by atoms with Gasteiger partial charge in [-0.25, -0.2) is 0 Å². The summed E-state index contributed by atoms with van der Waals surface area (Å²) < 4.78 is 5.58. The zero-order valence-corrected chi connectivity index (χ0v) is 12.2. The third-order valence-electron chi connectivity index (χ3n) is 3.83. The number of aromatic nitrogens is 1. The monoisotopic (exact) mass is 306 g/mol. The summed E-state index contributed by atoms with van der Waals surface area (Å²) in [6.07, 6.45) is 6.42. The molecule has 1 aromatic carbocycles. The van der Waals surface area contributed by atoms with Gasteiger partial charge < -0.3 is 20.2 Å². The number of nitrogens with one attached hydrogen (secondary N) is 1. The van der Waals surface area contributed by atoms with Gasteiger partial charge in [0.05, 0.1) is 5.69 Å². The van der Waals surface area contributed by atoms with E-state index in [0.717, 1.165) is 17.0 Å². The number of allylic oxidation sites excluding steroid dienone is 1. The van der Waals surface area contributed by atoms with Crippen LogP contribution in [0.5, 0.6) is 5.75 Å². The molecule has 0 amide bonds. The fourth-order valence-corrected chi connectivity index (χ4v) is 2.71. The van der Waals surface area contributed by atoms with Crippen molar-refractivity contribution in [1.82, 2.24) is 4.98 Å². The second-order valence-corrected chi connectivity index (χ2v) is 5.54. The molecule has 0 fully saturated rings. The molecule has 2 aromatic heterocycles. The predicted molar refractivity (Wildman–Crippen MR) is 87.9 cm³/mol. The molecule has 0 saturated heterocycles. The molecular formula is C18H14N2O3. The van der Waals surface area contributed by atoms with Crippen LogP contribution < -0.4 is 5.73 Å². The molecule has 5 nitrogen and oxygen atoms in total. The molecule has 0 atom stereocenters. The maximum absolute atomic E-state index is 12.6. The molecule has 23 heavy (non-hydrogen) atoms. The molecule has 1 aliphatic rings. The van der Waals surface area contributed by atoms with Crippen molar-refractivity contribution in [2.75, 3.05) is 0 Å². The Morgan fingerprint density at radius 2 is 2.13 bits per heavy atom. The number of hydrogen-bond donors (Lipinski definition) is 3. The Kier molecular flexibility index (Phi) is 2.87. The van der Waals surface area contributed by atoms with Crippen molar-refractivity contribution in [3.05, 3.63) is 64.8 Å². The molecule has 0 bridgehead atoms. The number of H-pyrrole nitrogens is 1. The summed E-state index contributed by atoms with van der Waals surface area (Å²) in [4.78, 5) is 15.7. The van der Waals surface area contributed by atoms with Crippen LogP contribution in [0.15, 0.2) is 46.5 Å². The number of hydrogen-bond acceptors (Lipinski definition) is 4. The lowest BCUT2D eigenvalue weighted by molar-refractivity contribution is 0.101. The highest BCUT2D eigenvalue weighted by molar-refractivity contribution is 6.08. The molecule has 0 aliphatic heterocycles. The van der Waals surface area contributed by atoms with Crippen LogP contribution in [0.1, 0.15) is 33.9 Å². The summed E-state index contributed by atoms with van der Waals surface area (Å²) in [6.45, 7) is 0. The van der Waals surface area contributed by atoms with Gasteiger partial charge in [0, 0.05) is 28.8 Å². The number of carbonyl (C=O) groups excluding carboxylic acids is 1. The lowest BCUT2D eigenvalue weighted by atomic mass is 10.1. The quantitative estimate of drug-likeness (QED) is 0.633. The number of nitrogens with two attached hydrogens (primary N) is 1. The molecule has 0 unspecified atom stereocenters. The fraction of sp³-hybridized carbons (Fsp3) is 0.0556. The average molecular weight is 306 g/mol. The number of rotatable bonds is 2. The van der Waals surface area contributed by atoms with Gasteiger partial charge in [0.1, 0.15) is 11.3 Å². The first-order valence-corrected chi connectivity index (χ1v) is 7.23. The smallest absolute Gasteiger partial charge is 0.244 e. The van der Waals surface area contributed by atoms with Gasteiger partial charge in [-0.3, -0.25) is 4.79 Å². The highest BCUT2D eigenvalue weighted by atomic mass is 16.3. The zero-order chi connectivity index (χ0) is 16.0. The van der Waals surface area contributed by atoms with Gasteiger partial charge in [0.25, 0.3) is 0 Å². The van der Waals surface area contributed by atoms with E-state index < -0.39 is 0 Å². The van der Waals surface area contributed by atoms with Crippen molar-refractivity contribution in [2.24, 2.45) is 5.73 Å². The van der Waals surface area contributed by atoms with Crippen LogP contribution in [0, 0.1) is 0 Å². The van der Waals surface area contributed by atoms with Gasteiger partial charge in [-0.05, 0) is 42.5 Å². The normalized spacial score (nSPS) is 13.7. The van der Waals surface area contributed by atoms with Crippen molar-refractivity contribution in [3.8, 4) is 5.75 Å². The van der Waals surface area contributed by atoms with Gasteiger partial charge in [0.15, 0.2) is 5.76 Å². The molecule has 4 rings (SSSR count). The summed E-state index contributed by atoms with van der Waals surface area (Å²) in [5.74, 6) is 0.117. The van der Waals surface area contributed by atoms with E-state index in [1.165, 1.54) is 6.07 Å². The number of aromatic hydroxyl groups is 1. The lowest BCUT2D eigenvalue weighted by Crippen LogP contribution is -1.99. The van der Waals surface area contributed by atoms with Crippen LogP contribution in [0.2, 0.25) is 0 Å². The molecule has 4 N–H and O–H groups in total. The summed E-state index contributed by atoms with van der Waals surface area (Å²) in [7, 11) is 0. The number of furan rings is 1. The third-order valence-corrected chi connectivity index (χ3v) is 3.83. The SMILES string of the molecule is NC1=Cc2cc(C(=O)c3cc4cc(O)ccc4o3)[nH]c2C=CC1. The number of benzene rings is 1. The Bertz CT molecular complexity index is 989. The van der Waals surface area contributed by atoms with E-state index in [9.17, 15) is 9.90 Å². The third kappa shape index (κ3) is 2.32. The minimum Gasteiger partial charge on any atom is -0.508 e. The minimum absolute atomic E-state index is 0.134. The van der Waals surface area contributed by atoms with Gasteiger partial charge in [0.2, 0.25) is 5.78 Å². The standard InChI is InChI=1S/C18H14N2O3/c19-12-2-1-3-14-10(6-12)8-15(20-14)18(22)17-9-11-7-13(21)4-5-16(11)23-17/h1,3-9,20-21H,2,19H2. The lowest BCUT2D eigenvalue weighted by Gasteiger charge is -1.93. The highest BCUT2D eigenvalue weighted by Gasteiger charge is 2.18. The summed E-state index contributed by atoms with van der Waals surface area (Å²) >= 11 is 0. The van der Waals surface area contributed by atoms with E-state index in [-0.39, 0.29) is 17.3 Å². The van der Waals surface area contributed by atoms with Crippen molar-refractivity contribution in [1.29, 1.82) is 0 Å². The Balaban J connectivity index is 1.75. The number of ketones is 1. The summed E-state index contributed by atoms with van der Waals surface area (Å²) in [5.41, 5.74) is 9.36. The summed E-state index contributed by atoms with van der Waals surface area (Å²) in [5, 5.41) is 10.2. The average Bonchev–Trinajstić information content (AvgIpc) is 3.06. The van der Waals surface area contributed by atoms with Crippen LogP contribution in [-0.2, 0) is 0 Å². The van der Waals surface area contributed by atoms with Gasteiger partial charge in [-0.1, -0.05) is 6.08 Å². The number of phenols is 1. The summed E-state index contributed by atoms with van der Waals surface area (Å²) in [6, 6.07) is 8.12. The van der Waals surface area contributed by atoms with Crippen LogP contribution in [0.25, 0.3) is 23.1 Å². The van der Waals surface area contributed by atoms with E-state index in [0.29, 0.717) is 23.1 Å². The highest BCUT2D eigenvalue weighted by Crippen LogP contribution is 2.26. The Morgan fingerprint density at radius 1 is 1.26 bits per heavy atom. The van der Waals surface area contributed by atoms with E-state index in [4.69, 9.17) is 10.2 Å². The molecule has 5 heteroatoms. The molecular weight excluding hydrogens is 292 g/mol. The molecule has 0 radical (unpaired) electrons. The van der Waals surface area contributed by atoms with E-state index in [1.807, 2.05) is 18.2 Å². The van der Waals surface area contributed by atoms with Crippen LogP contribution >= 0.6 is 0 Å². The predicted octanol–water partition coefficient (Wildman–Crippen LogP) is 3.41. The molecule has 114 valence electrons. The second kappa shape index (κ2) is 4.91. The number of phenolic OH excluding ortho intramolecular Hbond substituents is 1. The Morgan fingerprint density at radius 3 is 3.00 bits per heavy atom. The Labute approximate surface area is 131 Å². The first kappa shape index (κ1) is 13.5. The van der Waals surface area contributed by atoms with Crippen molar-refractivity contribution >= 4 is 28.9 Å². The fourth-order valence-electron chi connectivity index (χ4n) is 2.71.